The minimum Gasteiger partial charge on any atom is -1.00 e. The highest BCUT2D eigenvalue weighted by Gasteiger charge is 2.12. The maximum absolute atomic E-state index is 12.5. The van der Waals surface area contributed by atoms with Crippen LogP contribution < -0.4 is 36.3 Å². The highest BCUT2D eigenvalue weighted by atomic mass is 79.9. The maximum Gasteiger partial charge on any atom is 0.262 e. The van der Waals surface area contributed by atoms with Crippen molar-refractivity contribution in [1.82, 2.24) is 0 Å². The van der Waals surface area contributed by atoms with Crippen molar-refractivity contribution in [3.05, 3.63) is 70.2 Å². The second-order valence-electron chi connectivity index (χ2n) is 11.1. The average Bonchev–Trinajstić information content (AvgIpc) is 3.39. The Kier molecular flexibility index (Phi) is 17.9. The number of amides is 1. The largest absolute Gasteiger partial charge is 1.00 e. The molecule has 0 atom stereocenters. The number of carbonyl (C=O) groups is 2. The maximum atomic E-state index is 12.5. The molecule has 0 spiro atoms. The Morgan fingerprint density at radius 1 is 0.837 bits per heavy atom. The number of thiazole rings is 1. The van der Waals surface area contributed by atoms with Gasteiger partial charge >= 0.3 is 0 Å². The molecule has 0 aliphatic rings. The molecule has 3 rings (SSSR count). The van der Waals surface area contributed by atoms with Gasteiger partial charge in [-0.15, -0.1) is 0 Å². The van der Waals surface area contributed by atoms with E-state index in [9.17, 15) is 9.59 Å². The van der Waals surface area contributed by atoms with Gasteiger partial charge in [-0.3, -0.25) is 9.59 Å². The van der Waals surface area contributed by atoms with Gasteiger partial charge in [0.25, 0.3) is 5.91 Å². The number of Topliss-reactive ketones (excluding diaryl/α,β-unsaturated/α-hetero) is 1. The molecule has 0 aliphatic heterocycles. The smallest absolute Gasteiger partial charge is 0.262 e. The van der Waals surface area contributed by atoms with E-state index in [1.54, 1.807) is 29.5 Å². The number of ketones is 1. The molecule has 8 heteroatoms. The van der Waals surface area contributed by atoms with Gasteiger partial charge in [0.05, 0.1) is 17.0 Å². The van der Waals surface area contributed by atoms with Gasteiger partial charge in [-0.2, -0.15) is 4.57 Å². The second kappa shape index (κ2) is 21.1. The lowest BCUT2D eigenvalue weighted by Crippen LogP contribution is -3.00. The van der Waals surface area contributed by atoms with Gasteiger partial charge in [0.15, 0.2) is 25.1 Å². The molecule has 0 bridgehead atoms. The third kappa shape index (κ3) is 14.5. The van der Waals surface area contributed by atoms with Crippen LogP contribution in [0.5, 0.6) is 11.5 Å². The molecule has 0 aliphatic carbocycles. The minimum absolute atomic E-state index is 0. The number of nitrogens with one attached hydrogen (secondary N) is 1. The van der Waals surface area contributed by atoms with Crippen LogP contribution in [0.1, 0.15) is 112 Å². The number of hydrogen-bond acceptors (Lipinski definition) is 5. The summed E-state index contributed by atoms with van der Waals surface area (Å²) in [4.78, 5) is 26.0. The van der Waals surface area contributed by atoms with Crippen molar-refractivity contribution in [2.75, 3.05) is 18.5 Å². The lowest BCUT2D eigenvalue weighted by Gasteiger charge is -2.13. The molecule has 1 aromatic heterocycles. The summed E-state index contributed by atoms with van der Waals surface area (Å²) in [7, 11) is 0. The summed E-state index contributed by atoms with van der Waals surface area (Å²) >= 11 is 1.72. The molecule has 0 unspecified atom stereocenters. The van der Waals surface area contributed by atoms with Crippen molar-refractivity contribution in [2.45, 2.75) is 104 Å². The van der Waals surface area contributed by atoms with Crippen LogP contribution in [0.15, 0.2) is 54.2 Å². The summed E-state index contributed by atoms with van der Waals surface area (Å²) < 4.78 is 13.8. The number of nitrogens with zero attached hydrogens (tertiary/aromatic N) is 1. The SMILES string of the molecule is CCCCCCCCCCCCCCOc1ccc(OCC(=O)Nc2ccc(C[n+]3csc(C)c3)cc2)cc1C(C)=O.[Br-]. The summed E-state index contributed by atoms with van der Waals surface area (Å²) in [6.07, 6.45) is 17.6. The summed E-state index contributed by atoms with van der Waals surface area (Å²) in [6.45, 7) is 7.10. The number of ether oxygens (including phenoxy) is 2. The van der Waals surface area contributed by atoms with E-state index in [0.717, 1.165) is 24.9 Å². The molecular weight excluding hydrogens is 624 g/mol. The number of halogens is 1. The van der Waals surface area contributed by atoms with E-state index in [2.05, 4.69) is 35.4 Å². The first-order chi connectivity index (χ1) is 20.4. The molecule has 6 nitrogen and oxygen atoms in total. The number of benzene rings is 2. The highest BCUT2D eigenvalue weighted by Crippen LogP contribution is 2.25. The lowest BCUT2D eigenvalue weighted by molar-refractivity contribution is -0.683. The molecular formula is C35H49BrN2O4S. The molecule has 1 N–H and O–H groups in total. The Morgan fingerprint density at radius 3 is 2.05 bits per heavy atom. The van der Waals surface area contributed by atoms with Crippen molar-refractivity contribution < 1.29 is 40.6 Å². The fourth-order valence-electron chi connectivity index (χ4n) is 4.90. The number of unbranched alkanes of at least 4 members (excludes halogenated alkanes) is 11. The number of carbonyl (C=O) groups excluding carboxylic acids is 2. The number of rotatable bonds is 21. The predicted molar refractivity (Wildman–Crippen MR) is 172 cm³/mol. The standard InChI is InChI=1S/C35H48N2O4S.BrH/c1-4-5-6-7-8-9-10-11-12-13-14-15-22-40-34-21-20-32(23-33(34)29(3)38)41-26-35(39)36-31-18-16-30(17-19-31)25-37-24-28(2)42-27-37;/h16-21,23-24,27H,4-15,22,25-26H2,1-3H3;1H. The summed E-state index contributed by atoms with van der Waals surface area (Å²) in [6, 6.07) is 13.0. The normalized spacial score (nSPS) is 10.7. The fraction of sp³-hybridized carbons (Fsp3) is 0.514. The van der Waals surface area contributed by atoms with E-state index in [0.29, 0.717) is 29.4 Å². The first kappa shape index (κ1) is 36.5. The molecule has 0 saturated heterocycles. The Bertz CT molecular complexity index is 1230. The van der Waals surface area contributed by atoms with E-state index < -0.39 is 0 Å². The Morgan fingerprint density at radius 2 is 1.47 bits per heavy atom. The van der Waals surface area contributed by atoms with Gasteiger partial charge in [0.1, 0.15) is 11.5 Å². The van der Waals surface area contributed by atoms with Gasteiger partial charge in [-0.05, 0) is 50.6 Å². The lowest BCUT2D eigenvalue weighted by atomic mass is 10.1. The van der Waals surface area contributed by atoms with Crippen LogP contribution in [0.25, 0.3) is 0 Å². The van der Waals surface area contributed by atoms with Crippen molar-refractivity contribution in [1.29, 1.82) is 0 Å². The zero-order chi connectivity index (χ0) is 30.0. The first-order valence-corrected chi connectivity index (χ1v) is 16.6. The third-order valence-electron chi connectivity index (χ3n) is 7.28. The van der Waals surface area contributed by atoms with Gasteiger partial charge in [-0.25, -0.2) is 0 Å². The number of aryl methyl sites for hydroxylation is 1. The van der Waals surface area contributed by atoms with Crippen molar-refractivity contribution in [3.8, 4) is 11.5 Å². The average molecular weight is 674 g/mol. The molecule has 43 heavy (non-hydrogen) atoms. The van der Waals surface area contributed by atoms with Crippen LogP contribution in [-0.2, 0) is 11.3 Å². The Hall–Kier alpha value is -2.71. The van der Waals surface area contributed by atoms with Crippen LogP contribution in [0.2, 0.25) is 0 Å². The van der Waals surface area contributed by atoms with Gasteiger partial charge < -0.3 is 31.8 Å². The third-order valence-corrected chi connectivity index (χ3v) is 8.13. The first-order valence-electron chi connectivity index (χ1n) is 15.7. The van der Waals surface area contributed by atoms with E-state index >= 15 is 0 Å². The minimum atomic E-state index is -0.262. The van der Waals surface area contributed by atoms with E-state index in [-0.39, 0.29) is 35.3 Å². The molecule has 2 aromatic carbocycles. The van der Waals surface area contributed by atoms with Crippen LogP contribution in [0.4, 0.5) is 5.69 Å². The quantitative estimate of drug-likeness (QED) is 0.0896. The van der Waals surface area contributed by atoms with E-state index in [4.69, 9.17) is 9.47 Å². The molecule has 0 fully saturated rings. The molecule has 1 amide bonds. The second-order valence-corrected chi connectivity index (χ2v) is 12.2. The zero-order valence-corrected chi connectivity index (χ0v) is 28.6. The van der Waals surface area contributed by atoms with E-state index in [1.165, 1.54) is 76.0 Å². The molecule has 236 valence electrons. The molecule has 0 saturated carbocycles. The van der Waals surface area contributed by atoms with Gasteiger partial charge in [-0.1, -0.05) is 101 Å². The Balaban J connectivity index is 0.00000645. The number of aromatic nitrogens is 1. The number of hydrogen-bond donors (Lipinski definition) is 1. The zero-order valence-electron chi connectivity index (χ0n) is 26.2. The van der Waals surface area contributed by atoms with Gasteiger partial charge in [0.2, 0.25) is 5.51 Å². The van der Waals surface area contributed by atoms with Crippen LogP contribution >= 0.6 is 11.3 Å². The van der Waals surface area contributed by atoms with E-state index in [1.807, 2.05) is 24.3 Å². The summed E-state index contributed by atoms with van der Waals surface area (Å²) in [5.41, 5.74) is 4.44. The van der Waals surface area contributed by atoms with Crippen LogP contribution in [-0.4, -0.2) is 24.9 Å². The molecule has 1 heterocycles. The highest BCUT2D eigenvalue weighted by molar-refractivity contribution is 7.09. The monoisotopic (exact) mass is 672 g/mol. The van der Waals surface area contributed by atoms with Crippen molar-refractivity contribution in [2.24, 2.45) is 0 Å². The van der Waals surface area contributed by atoms with Gasteiger partial charge in [0, 0.05) is 11.3 Å². The molecule has 0 radical (unpaired) electrons. The van der Waals surface area contributed by atoms with Crippen LogP contribution in [0.3, 0.4) is 0 Å². The summed E-state index contributed by atoms with van der Waals surface area (Å²) in [5, 5.41) is 2.86. The van der Waals surface area contributed by atoms with Crippen molar-refractivity contribution >= 4 is 28.7 Å². The van der Waals surface area contributed by atoms with Crippen LogP contribution in [0, 0.1) is 6.92 Å². The fourth-order valence-corrected chi connectivity index (χ4v) is 5.54. The van der Waals surface area contributed by atoms with Crippen molar-refractivity contribution in [3.63, 3.8) is 0 Å². The predicted octanol–water partition coefficient (Wildman–Crippen LogP) is 5.70. The number of anilines is 1. The molecule has 3 aromatic rings. The Labute approximate surface area is 273 Å². The topological polar surface area (TPSA) is 68.5 Å². The summed E-state index contributed by atoms with van der Waals surface area (Å²) in [5.74, 6) is 0.678.